The highest BCUT2D eigenvalue weighted by Gasteiger charge is 2.34. The topological polar surface area (TPSA) is 102 Å². The average molecular weight is 792 g/mol. The quantitative estimate of drug-likeness (QED) is 0.0338. The second-order valence-corrected chi connectivity index (χ2v) is 21.7. The molecule has 0 aromatic heterocycles. The smallest absolute Gasteiger partial charge is 0.490 e. The standard InChI is InChI=1S/C43H54ClNO9Si/c1-43(2,3)53-42(47)54-45-20-19-37(32-15-17-35(18-16-32)49-21-22-50-41(46)38-14-10-8-12-34(38)27-44)40(28-45)51-29-31-25-33-11-7-9-13-36(33)39(26-31)52-30-48-23-24-55(4,5)6/h7-18,25-26,37,40H,19-24,27-30H2,1-6H3. The fourth-order valence-electron chi connectivity index (χ4n) is 6.20. The number of esters is 1. The molecular formula is C43H54ClNO9Si. The molecule has 0 radical (unpaired) electrons. The molecule has 0 N–H and O–H groups in total. The molecule has 1 aliphatic heterocycles. The Morgan fingerprint density at radius 1 is 0.891 bits per heavy atom. The fourth-order valence-corrected chi connectivity index (χ4v) is 7.19. The van der Waals surface area contributed by atoms with E-state index in [1.54, 1.807) is 44.0 Å². The molecule has 10 nitrogen and oxygen atoms in total. The molecule has 4 aromatic carbocycles. The Morgan fingerprint density at radius 3 is 2.38 bits per heavy atom. The van der Waals surface area contributed by atoms with Crippen LogP contribution in [0.4, 0.5) is 4.79 Å². The fraction of sp³-hybridized carbons (Fsp3) is 0.442. The Bertz CT molecular complexity index is 1860. The minimum Gasteiger partial charge on any atom is -0.490 e. The van der Waals surface area contributed by atoms with Crippen molar-refractivity contribution in [2.24, 2.45) is 0 Å². The maximum Gasteiger partial charge on any atom is 0.528 e. The largest absolute Gasteiger partial charge is 0.528 e. The number of halogens is 1. The second kappa shape index (κ2) is 19.6. The van der Waals surface area contributed by atoms with E-state index in [9.17, 15) is 9.59 Å². The highest BCUT2D eigenvalue weighted by Crippen LogP contribution is 2.34. The van der Waals surface area contributed by atoms with E-state index >= 15 is 0 Å². The van der Waals surface area contributed by atoms with Crippen molar-refractivity contribution in [1.29, 1.82) is 0 Å². The first-order chi connectivity index (χ1) is 26.3. The Labute approximate surface area is 330 Å². The van der Waals surface area contributed by atoms with Gasteiger partial charge in [0.05, 0.1) is 24.8 Å². The molecule has 0 saturated carbocycles. The number of fused-ring (bicyclic) bond motifs is 1. The minimum atomic E-state index is -1.21. The van der Waals surface area contributed by atoms with Crippen molar-refractivity contribution in [2.75, 3.05) is 39.7 Å². The van der Waals surface area contributed by atoms with Gasteiger partial charge in [0, 0.05) is 38.4 Å². The predicted octanol–water partition coefficient (Wildman–Crippen LogP) is 9.75. The molecule has 0 spiro atoms. The summed E-state index contributed by atoms with van der Waals surface area (Å²) in [5, 5.41) is 3.66. The summed E-state index contributed by atoms with van der Waals surface area (Å²) in [5.74, 6) is 1.19. The first-order valence-electron chi connectivity index (χ1n) is 18.8. The number of carbonyl (C=O) groups excluding carboxylic acids is 2. The number of hydrogen-bond donors (Lipinski definition) is 0. The summed E-state index contributed by atoms with van der Waals surface area (Å²) >= 11 is 5.97. The number of piperidine rings is 1. The number of nitrogens with zero attached hydrogens (tertiary/aromatic N) is 1. The Hall–Kier alpha value is -4.13. The van der Waals surface area contributed by atoms with Crippen molar-refractivity contribution in [3.8, 4) is 11.5 Å². The lowest BCUT2D eigenvalue weighted by atomic mass is 9.87. The summed E-state index contributed by atoms with van der Waals surface area (Å²) < 4.78 is 35.4. The van der Waals surface area contributed by atoms with Crippen molar-refractivity contribution >= 4 is 42.6 Å². The van der Waals surface area contributed by atoms with E-state index in [4.69, 9.17) is 44.9 Å². The zero-order chi connectivity index (χ0) is 39.4. The van der Waals surface area contributed by atoms with Crippen molar-refractivity contribution in [3.63, 3.8) is 0 Å². The lowest BCUT2D eigenvalue weighted by molar-refractivity contribution is -0.179. The van der Waals surface area contributed by atoms with Crippen LogP contribution in [0.1, 0.15) is 60.2 Å². The maximum atomic E-state index is 12.6. The van der Waals surface area contributed by atoms with E-state index in [1.165, 1.54) is 0 Å². The molecule has 1 heterocycles. The highest BCUT2D eigenvalue weighted by molar-refractivity contribution is 6.76. The van der Waals surface area contributed by atoms with Gasteiger partial charge in [0.2, 0.25) is 0 Å². The molecule has 2 unspecified atom stereocenters. The van der Waals surface area contributed by atoms with E-state index in [2.05, 4.69) is 31.8 Å². The Balaban J connectivity index is 1.24. The number of hydrogen-bond acceptors (Lipinski definition) is 10. The zero-order valence-corrected chi connectivity index (χ0v) is 34.6. The van der Waals surface area contributed by atoms with Gasteiger partial charge in [-0.05, 0) is 85.6 Å². The molecule has 1 saturated heterocycles. The molecule has 4 aromatic rings. The number of benzene rings is 4. The summed E-state index contributed by atoms with van der Waals surface area (Å²) in [6.45, 7) is 14.7. The van der Waals surface area contributed by atoms with Crippen molar-refractivity contribution in [3.05, 3.63) is 107 Å². The average Bonchev–Trinajstić information content (AvgIpc) is 3.14. The molecule has 55 heavy (non-hydrogen) atoms. The van der Waals surface area contributed by atoms with Gasteiger partial charge in [0.15, 0.2) is 6.79 Å². The first-order valence-corrected chi connectivity index (χ1v) is 23.1. The summed E-state index contributed by atoms with van der Waals surface area (Å²) in [4.78, 5) is 30.8. The summed E-state index contributed by atoms with van der Waals surface area (Å²) in [7, 11) is -1.21. The third-order valence-corrected chi connectivity index (χ3v) is 11.0. The monoisotopic (exact) mass is 791 g/mol. The van der Waals surface area contributed by atoms with E-state index in [1.807, 2.05) is 54.6 Å². The summed E-state index contributed by atoms with van der Waals surface area (Å²) in [6.07, 6.45) is -0.392. The van der Waals surface area contributed by atoms with Crippen LogP contribution in [0.25, 0.3) is 10.8 Å². The van der Waals surface area contributed by atoms with Crippen LogP contribution >= 0.6 is 11.6 Å². The molecular weight excluding hydrogens is 738 g/mol. The van der Waals surface area contributed by atoms with Crippen LogP contribution in [0, 0.1) is 0 Å². The van der Waals surface area contributed by atoms with Gasteiger partial charge >= 0.3 is 12.1 Å². The van der Waals surface area contributed by atoms with Crippen LogP contribution in [0.2, 0.25) is 25.7 Å². The van der Waals surface area contributed by atoms with Crippen molar-refractivity contribution in [1.82, 2.24) is 5.06 Å². The van der Waals surface area contributed by atoms with Gasteiger partial charge in [0.1, 0.15) is 30.3 Å². The van der Waals surface area contributed by atoms with E-state index in [-0.39, 0.29) is 37.9 Å². The lowest BCUT2D eigenvalue weighted by Crippen LogP contribution is -2.45. The van der Waals surface area contributed by atoms with Gasteiger partial charge in [-0.1, -0.05) is 74.2 Å². The van der Waals surface area contributed by atoms with Gasteiger partial charge in [-0.25, -0.2) is 9.59 Å². The molecule has 0 aliphatic carbocycles. The molecule has 1 fully saturated rings. The number of hydroxylamine groups is 2. The van der Waals surface area contributed by atoms with Gasteiger partial charge < -0.3 is 33.3 Å². The first kappa shape index (κ1) is 42.0. The van der Waals surface area contributed by atoms with Crippen LogP contribution in [0.5, 0.6) is 11.5 Å². The normalized spacial score (nSPS) is 16.4. The van der Waals surface area contributed by atoms with E-state index < -0.39 is 25.8 Å². The van der Waals surface area contributed by atoms with Crippen molar-refractivity contribution < 1.29 is 42.8 Å². The lowest BCUT2D eigenvalue weighted by Gasteiger charge is -2.37. The van der Waals surface area contributed by atoms with Crippen LogP contribution in [0.3, 0.4) is 0 Å². The number of alkyl halides is 1. The molecule has 0 amide bonds. The van der Waals surface area contributed by atoms with Gasteiger partial charge in [-0.15, -0.1) is 16.7 Å². The number of rotatable bonds is 17. The summed E-state index contributed by atoms with van der Waals surface area (Å²) in [6, 6.07) is 28.3. The zero-order valence-electron chi connectivity index (χ0n) is 32.8. The second-order valence-electron chi connectivity index (χ2n) is 15.8. The predicted molar refractivity (Wildman–Crippen MR) is 217 cm³/mol. The van der Waals surface area contributed by atoms with Gasteiger partial charge in [0.25, 0.3) is 0 Å². The molecule has 296 valence electrons. The molecule has 2 atom stereocenters. The number of carbonyl (C=O) groups is 2. The third kappa shape index (κ3) is 13.2. The Kier molecular flexibility index (Phi) is 15.0. The van der Waals surface area contributed by atoms with Crippen molar-refractivity contribution in [2.45, 2.75) is 83.0 Å². The van der Waals surface area contributed by atoms with Gasteiger partial charge in [-0.2, -0.15) is 0 Å². The molecule has 0 bridgehead atoms. The Morgan fingerprint density at radius 2 is 1.64 bits per heavy atom. The molecule has 5 rings (SSSR count). The van der Waals surface area contributed by atoms with Crippen LogP contribution in [-0.2, 0) is 36.3 Å². The van der Waals surface area contributed by atoms with E-state index in [0.29, 0.717) is 44.0 Å². The minimum absolute atomic E-state index is 0.00596. The highest BCUT2D eigenvalue weighted by atomic mass is 35.5. The van der Waals surface area contributed by atoms with Gasteiger partial charge in [-0.3, -0.25) is 0 Å². The summed E-state index contributed by atoms with van der Waals surface area (Å²) in [5.41, 5.74) is 2.52. The SMILES string of the molecule is CC(C)(C)OC(=O)ON1CCC(c2ccc(OCCOC(=O)c3ccccc3CCl)cc2)C(OCc2cc(OCOCC[Si](C)(C)C)c3ccccc3c2)C1. The molecule has 12 heteroatoms. The van der Waals surface area contributed by atoms with E-state index in [0.717, 1.165) is 39.3 Å². The third-order valence-electron chi connectivity index (χ3n) is 9.03. The maximum absolute atomic E-state index is 12.6. The van der Waals surface area contributed by atoms with Crippen LogP contribution in [-0.4, -0.2) is 76.7 Å². The van der Waals surface area contributed by atoms with Crippen LogP contribution < -0.4 is 9.47 Å². The van der Waals surface area contributed by atoms with Crippen LogP contribution in [0.15, 0.2) is 84.9 Å². The number of ether oxygens (including phenoxy) is 6. The molecule has 1 aliphatic rings.